The number of halogens is 1. The topological polar surface area (TPSA) is 78.7 Å². The first-order valence-corrected chi connectivity index (χ1v) is 13.9. The van der Waals surface area contributed by atoms with E-state index < -0.39 is 10.0 Å². The van der Waals surface area contributed by atoms with Gasteiger partial charge in [0.15, 0.2) is 5.03 Å². The number of benzene rings is 2. The van der Waals surface area contributed by atoms with Crippen LogP contribution in [0.4, 0.5) is 4.39 Å². The second kappa shape index (κ2) is 9.79. The van der Waals surface area contributed by atoms with E-state index in [1.165, 1.54) is 16.6 Å². The summed E-state index contributed by atoms with van der Waals surface area (Å²) in [5.41, 5.74) is 4.59. The van der Waals surface area contributed by atoms with Crippen molar-refractivity contribution in [2.45, 2.75) is 43.8 Å². The predicted octanol–water partition coefficient (Wildman–Crippen LogP) is 3.54. The third-order valence-corrected chi connectivity index (χ3v) is 10.0. The van der Waals surface area contributed by atoms with Gasteiger partial charge in [0.25, 0.3) is 10.0 Å². The van der Waals surface area contributed by atoms with Crippen LogP contribution in [0.1, 0.15) is 28.4 Å². The molecule has 1 unspecified atom stereocenters. The Balaban J connectivity index is 1.45. The van der Waals surface area contributed by atoms with Gasteiger partial charge in [-0.2, -0.15) is 4.31 Å². The first-order chi connectivity index (χ1) is 17.6. The van der Waals surface area contributed by atoms with E-state index in [1.54, 1.807) is 31.5 Å². The van der Waals surface area contributed by atoms with E-state index >= 15 is 0 Å². The normalized spacial score (nSPS) is 23.7. The molecule has 1 N–H and O–H groups in total. The summed E-state index contributed by atoms with van der Waals surface area (Å²) in [6.45, 7) is 6.74. The smallest absolute Gasteiger partial charge is 0.260 e. The number of hydrogen-bond donors (Lipinski definition) is 1. The third-order valence-electron chi connectivity index (χ3n) is 8.16. The van der Waals surface area contributed by atoms with E-state index in [0.29, 0.717) is 24.5 Å². The maximum atomic E-state index is 14.0. The largest absolute Gasteiger partial charge is 0.395 e. The fraction of sp³-hybridized carbons (Fsp3) is 0.393. The van der Waals surface area contributed by atoms with Gasteiger partial charge in [0.2, 0.25) is 0 Å². The molecule has 0 saturated carbocycles. The van der Waals surface area contributed by atoms with E-state index in [0.717, 1.165) is 22.3 Å². The lowest BCUT2D eigenvalue weighted by molar-refractivity contribution is -0.0415. The minimum atomic E-state index is -3.76. The van der Waals surface area contributed by atoms with Crippen molar-refractivity contribution in [3.63, 3.8) is 0 Å². The first kappa shape index (κ1) is 25.8. The summed E-state index contributed by atoms with van der Waals surface area (Å²) in [4.78, 5) is 6.36. The lowest BCUT2D eigenvalue weighted by atomic mass is 9.74. The van der Waals surface area contributed by atoms with Gasteiger partial charge in [-0.1, -0.05) is 42.5 Å². The molecule has 7 nitrogen and oxygen atoms in total. The average Bonchev–Trinajstić information content (AvgIpc) is 3.20. The van der Waals surface area contributed by atoms with Crippen LogP contribution in [0.15, 0.2) is 59.8 Å². The molecule has 5 rings (SSSR count). The highest BCUT2D eigenvalue weighted by atomic mass is 32.2. The van der Waals surface area contributed by atoms with Crippen LogP contribution in [0.2, 0.25) is 0 Å². The second-order valence-corrected chi connectivity index (χ2v) is 11.9. The number of imidazole rings is 1. The van der Waals surface area contributed by atoms with Crippen molar-refractivity contribution in [2.75, 3.05) is 26.2 Å². The number of aromatic nitrogens is 2. The zero-order chi connectivity index (χ0) is 26.5. The summed E-state index contributed by atoms with van der Waals surface area (Å²) >= 11 is 0. The van der Waals surface area contributed by atoms with Gasteiger partial charge in [-0.3, -0.25) is 4.90 Å². The van der Waals surface area contributed by atoms with Crippen molar-refractivity contribution in [1.82, 2.24) is 18.8 Å². The molecule has 0 bridgehead atoms. The third kappa shape index (κ3) is 4.33. The van der Waals surface area contributed by atoms with Gasteiger partial charge in [-0.25, -0.2) is 17.8 Å². The monoisotopic (exact) mass is 524 g/mol. The Kier molecular flexibility index (Phi) is 6.83. The van der Waals surface area contributed by atoms with Gasteiger partial charge in [-0.05, 0) is 54.7 Å². The van der Waals surface area contributed by atoms with Crippen LogP contribution in [0, 0.1) is 26.6 Å². The summed E-state index contributed by atoms with van der Waals surface area (Å²) in [6, 6.07) is 11.3. The Morgan fingerprint density at radius 3 is 2.38 bits per heavy atom. The lowest BCUT2D eigenvalue weighted by Gasteiger charge is -2.56. The first-order valence-electron chi connectivity index (χ1n) is 12.5. The van der Waals surface area contributed by atoms with Crippen LogP contribution < -0.4 is 0 Å². The Labute approximate surface area is 217 Å². The highest BCUT2D eigenvalue weighted by molar-refractivity contribution is 7.89. The van der Waals surface area contributed by atoms with Crippen molar-refractivity contribution < 1.29 is 17.9 Å². The molecule has 3 aromatic rings. The summed E-state index contributed by atoms with van der Waals surface area (Å²) < 4.78 is 44.2. The molecular formula is C28H33FN4O3S. The summed E-state index contributed by atoms with van der Waals surface area (Å²) in [5, 5.41) is 10.4. The molecule has 2 aromatic carbocycles. The van der Waals surface area contributed by atoms with Crippen LogP contribution in [0.3, 0.4) is 0 Å². The highest BCUT2D eigenvalue weighted by Crippen LogP contribution is 2.42. The molecule has 1 aromatic heterocycles. The minimum absolute atomic E-state index is 0.0132. The Bertz CT molecular complexity index is 1450. The van der Waals surface area contributed by atoms with Crippen LogP contribution >= 0.6 is 0 Å². The zero-order valence-corrected chi connectivity index (χ0v) is 22.4. The van der Waals surface area contributed by atoms with E-state index in [2.05, 4.69) is 22.0 Å². The summed E-state index contributed by atoms with van der Waals surface area (Å²) in [5.74, 6) is 0.404. The molecule has 0 spiro atoms. The quantitative estimate of drug-likeness (QED) is 0.517. The van der Waals surface area contributed by atoms with E-state index in [1.807, 2.05) is 31.2 Å². The van der Waals surface area contributed by atoms with Crippen molar-refractivity contribution >= 4 is 10.0 Å². The number of fused-ring (bicyclic) bond motifs is 1. The van der Waals surface area contributed by atoms with Gasteiger partial charge in [0.05, 0.1) is 12.8 Å². The van der Waals surface area contributed by atoms with Crippen LogP contribution in [0.25, 0.3) is 11.1 Å². The maximum absolute atomic E-state index is 14.0. The molecule has 1 fully saturated rings. The molecule has 0 aliphatic carbocycles. The fourth-order valence-electron chi connectivity index (χ4n) is 5.67. The maximum Gasteiger partial charge on any atom is 0.260 e. The van der Waals surface area contributed by atoms with Gasteiger partial charge < -0.3 is 9.67 Å². The SMILES string of the molecule is Cc1c(F)ccc(-c2ccc([C@H]3C4CN(S(=O)(=O)c5cnc(C)n5C)C/C=C\CN4[C@@H]3CO)cc2)c1C. The van der Waals surface area contributed by atoms with Crippen molar-refractivity contribution in [3.05, 3.63) is 83.1 Å². The van der Waals surface area contributed by atoms with E-state index in [9.17, 15) is 17.9 Å². The molecule has 3 heterocycles. The standard InChI is InChI=1S/C28H33FN4O3S/c1-18-19(2)24(29)12-11-23(18)21-7-9-22(10-8-21)28-25-16-32(13-5-6-14-33(25)26(28)17-34)37(35,36)27-15-30-20(3)31(27)4/h5-12,15,25-26,28,34H,13-14,16-17H2,1-4H3/b6-5-/t25?,26-,28+/m1/s1. The Hall–Kier alpha value is -2.85. The van der Waals surface area contributed by atoms with Gasteiger partial charge >= 0.3 is 0 Å². The van der Waals surface area contributed by atoms with Crippen molar-refractivity contribution in [2.24, 2.45) is 7.05 Å². The number of sulfonamides is 1. The number of hydrogen-bond acceptors (Lipinski definition) is 5. The molecule has 0 radical (unpaired) electrons. The summed E-state index contributed by atoms with van der Waals surface area (Å²) in [7, 11) is -2.05. The number of aryl methyl sites for hydroxylation is 1. The minimum Gasteiger partial charge on any atom is -0.395 e. The zero-order valence-electron chi connectivity index (χ0n) is 21.6. The summed E-state index contributed by atoms with van der Waals surface area (Å²) in [6.07, 6.45) is 5.27. The highest BCUT2D eigenvalue weighted by Gasteiger charge is 2.50. The number of nitrogens with zero attached hydrogens (tertiary/aromatic N) is 4. The van der Waals surface area contributed by atoms with Crippen molar-refractivity contribution in [1.29, 1.82) is 0 Å². The van der Waals surface area contributed by atoms with Crippen LogP contribution in [-0.2, 0) is 17.1 Å². The molecule has 196 valence electrons. The molecule has 0 amide bonds. The number of aliphatic hydroxyl groups is 1. The van der Waals surface area contributed by atoms with Gasteiger partial charge in [0, 0.05) is 44.7 Å². The van der Waals surface area contributed by atoms with Crippen LogP contribution in [0.5, 0.6) is 0 Å². The molecule has 9 heteroatoms. The molecule has 2 aliphatic heterocycles. The number of rotatable bonds is 5. The van der Waals surface area contributed by atoms with E-state index in [-0.39, 0.29) is 42.0 Å². The van der Waals surface area contributed by atoms with Gasteiger partial charge in [0.1, 0.15) is 11.6 Å². The van der Waals surface area contributed by atoms with E-state index in [4.69, 9.17) is 0 Å². The average molecular weight is 525 g/mol. The number of aliphatic hydroxyl groups excluding tert-OH is 1. The lowest BCUT2D eigenvalue weighted by Crippen LogP contribution is -2.67. The fourth-order valence-corrected chi connectivity index (χ4v) is 7.23. The molecule has 2 aliphatic rings. The predicted molar refractivity (Wildman–Crippen MR) is 141 cm³/mol. The Morgan fingerprint density at radius 1 is 1.03 bits per heavy atom. The molecule has 3 atom stereocenters. The molecule has 1 saturated heterocycles. The second-order valence-electron chi connectivity index (χ2n) is 10.0. The van der Waals surface area contributed by atoms with Crippen LogP contribution in [-0.4, -0.2) is 70.6 Å². The van der Waals surface area contributed by atoms with Gasteiger partial charge in [-0.15, -0.1) is 0 Å². The Morgan fingerprint density at radius 2 is 1.73 bits per heavy atom. The molecule has 37 heavy (non-hydrogen) atoms. The molecular weight excluding hydrogens is 491 g/mol. The van der Waals surface area contributed by atoms with Crippen molar-refractivity contribution in [3.8, 4) is 11.1 Å².